The van der Waals surface area contributed by atoms with Crippen LogP contribution < -0.4 is 4.74 Å². The number of rotatable bonds is 3. The molecule has 8 aromatic carbocycles. The Bertz CT molecular complexity index is 2730. The first-order valence-corrected chi connectivity index (χ1v) is 14.1. The van der Waals surface area contributed by atoms with Crippen molar-refractivity contribution in [2.75, 3.05) is 0 Å². The van der Waals surface area contributed by atoms with E-state index in [4.69, 9.17) is 13.0 Å². The van der Waals surface area contributed by atoms with Crippen LogP contribution in [0.1, 0.15) is 11.0 Å². The number of hydrogen-bond acceptors (Lipinski definition) is 1. The Morgan fingerprint density at radius 3 is 1.72 bits per heavy atom. The van der Waals surface area contributed by atoms with Crippen LogP contribution in [0.4, 0.5) is 0 Å². The van der Waals surface area contributed by atoms with Gasteiger partial charge >= 0.3 is 0 Å². The molecule has 200 valence electrons. The Morgan fingerprint density at radius 2 is 1.00 bits per heavy atom. The van der Waals surface area contributed by atoms with Crippen LogP contribution >= 0.6 is 0 Å². The molecular formula is C42H26O. The van der Waals surface area contributed by atoms with E-state index in [-0.39, 0.29) is 45.7 Å². The molecule has 1 nitrogen and oxygen atoms in total. The van der Waals surface area contributed by atoms with E-state index in [1.165, 1.54) is 0 Å². The predicted molar refractivity (Wildman–Crippen MR) is 181 cm³/mol. The zero-order valence-corrected chi connectivity index (χ0v) is 22.8. The normalized spacial score (nSPS) is 14.5. The van der Waals surface area contributed by atoms with Gasteiger partial charge in [0, 0.05) is 10.9 Å². The van der Waals surface area contributed by atoms with Gasteiger partial charge in [-0.3, -0.25) is 0 Å². The fraction of sp³-hybridized carbons (Fsp3) is 0. The first-order chi connectivity index (χ1) is 24.7. The van der Waals surface area contributed by atoms with Gasteiger partial charge in [0.25, 0.3) is 0 Å². The van der Waals surface area contributed by atoms with E-state index >= 15 is 0 Å². The third-order valence-corrected chi connectivity index (χ3v) is 8.28. The maximum absolute atomic E-state index is 9.21. The summed E-state index contributed by atoms with van der Waals surface area (Å²) in [6, 6.07) is 31.9. The molecule has 0 bridgehead atoms. The average molecular weight is 555 g/mol. The summed E-state index contributed by atoms with van der Waals surface area (Å²) in [4.78, 5) is 0. The van der Waals surface area contributed by atoms with Gasteiger partial charge in [0.05, 0.1) is 11.0 Å². The van der Waals surface area contributed by atoms with Crippen molar-refractivity contribution >= 4 is 32.3 Å². The van der Waals surface area contributed by atoms with Crippen LogP contribution in [-0.2, 0) is 0 Å². The smallest absolute Gasteiger partial charge is 0.135 e. The monoisotopic (exact) mass is 554 g/mol. The minimum absolute atomic E-state index is 0.191. The maximum atomic E-state index is 9.21. The molecular weight excluding hydrogens is 520 g/mol. The van der Waals surface area contributed by atoms with E-state index in [1.807, 2.05) is 60.7 Å². The number of benzene rings is 8. The third kappa shape index (κ3) is 3.72. The van der Waals surface area contributed by atoms with Crippen molar-refractivity contribution in [2.45, 2.75) is 0 Å². The van der Waals surface area contributed by atoms with Gasteiger partial charge < -0.3 is 4.74 Å². The summed E-state index contributed by atoms with van der Waals surface area (Å²) in [5.41, 5.74) is 5.49. The Kier molecular flexibility index (Phi) is 3.80. The maximum Gasteiger partial charge on any atom is 0.135 e. The van der Waals surface area contributed by atoms with Gasteiger partial charge in [-0.15, -0.1) is 0 Å². The van der Waals surface area contributed by atoms with Crippen LogP contribution in [-0.4, -0.2) is 0 Å². The fourth-order valence-corrected chi connectivity index (χ4v) is 6.40. The second-order valence-electron chi connectivity index (χ2n) is 10.7. The highest BCUT2D eigenvalue weighted by Crippen LogP contribution is 2.48. The van der Waals surface area contributed by atoms with E-state index in [0.29, 0.717) is 22.3 Å². The molecule has 0 spiro atoms. The lowest BCUT2D eigenvalue weighted by Crippen LogP contribution is -1.97. The summed E-state index contributed by atoms with van der Waals surface area (Å²) in [6.07, 6.45) is 0. The van der Waals surface area contributed by atoms with Gasteiger partial charge in [-0.1, -0.05) is 133 Å². The minimum atomic E-state index is -0.423. The molecule has 8 aromatic rings. The molecule has 0 saturated carbocycles. The molecule has 0 N–H and O–H groups in total. The molecule has 1 heterocycles. The van der Waals surface area contributed by atoms with Crippen LogP contribution in [0.3, 0.4) is 0 Å². The van der Waals surface area contributed by atoms with Crippen LogP contribution in [0, 0.1) is 0 Å². The topological polar surface area (TPSA) is 9.23 Å². The molecule has 0 radical (unpaired) electrons. The van der Waals surface area contributed by atoms with E-state index in [9.17, 15) is 2.74 Å². The number of fused-ring (bicyclic) bond motifs is 4. The third-order valence-electron chi connectivity index (χ3n) is 8.28. The summed E-state index contributed by atoms with van der Waals surface area (Å²) < 4.78 is 77.7. The lowest BCUT2D eigenvalue weighted by Gasteiger charge is -2.22. The summed E-state index contributed by atoms with van der Waals surface area (Å²) >= 11 is 0. The Hall–Kier alpha value is -5.66. The Labute approximate surface area is 261 Å². The standard InChI is InChI=1S/C42H26O/c1-2-11-27(12-3-1)40-32-17-4-6-19-34(32)41(35-20-7-5-18-33(35)40)31-16-8-15-29(25-31)30-23-24-38-37(26-30)36-21-9-13-28-14-10-22-39(43-38)42(28)36/h1-26H/i4D,5D,6D,7D,17D,18D,19D,20D. The molecule has 0 aromatic heterocycles. The van der Waals surface area contributed by atoms with Gasteiger partial charge in [-0.2, -0.15) is 0 Å². The largest absolute Gasteiger partial charge is 0.456 e. The summed E-state index contributed by atoms with van der Waals surface area (Å²) in [5, 5.41) is 2.90. The SMILES string of the molecule is [2H]c1c([2H])c([2H])c2c(-c3cccc(-c4ccc5c(c4)-c4cccc6cccc(c46)O5)c3)c3c([2H])c([2H])c([2H])c([2H])c3c(-c3ccccc3)c2c1[2H]. The van der Waals surface area contributed by atoms with Crippen molar-refractivity contribution in [3.63, 3.8) is 0 Å². The van der Waals surface area contributed by atoms with E-state index in [2.05, 4.69) is 24.3 Å². The molecule has 43 heavy (non-hydrogen) atoms. The van der Waals surface area contributed by atoms with Gasteiger partial charge in [-0.25, -0.2) is 0 Å². The molecule has 0 saturated heterocycles. The highest BCUT2D eigenvalue weighted by Gasteiger charge is 2.21. The lowest BCUT2D eigenvalue weighted by atomic mass is 9.85. The van der Waals surface area contributed by atoms with Crippen molar-refractivity contribution in [1.82, 2.24) is 0 Å². The number of ether oxygens (including phenoxy) is 1. The minimum Gasteiger partial charge on any atom is -0.456 e. The quantitative estimate of drug-likeness (QED) is 0.197. The van der Waals surface area contributed by atoms with Crippen LogP contribution in [0.15, 0.2) is 158 Å². The van der Waals surface area contributed by atoms with Crippen LogP contribution in [0.25, 0.3) is 76.8 Å². The molecule has 0 unspecified atom stereocenters. The van der Waals surface area contributed by atoms with Gasteiger partial charge in [0.2, 0.25) is 0 Å². The molecule has 9 rings (SSSR count). The molecule has 0 amide bonds. The van der Waals surface area contributed by atoms with Crippen molar-refractivity contribution in [1.29, 1.82) is 0 Å². The summed E-state index contributed by atoms with van der Waals surface area (Å²) in [7, 11) is 0. The highest BCUT2D eigenvalue weighted by molar-refractivity contribution is 6.21. The highest BCUT2D eigenvalue weighted by atomic mass is 16.5. The fourth-order valence-electron chi connectivity index (χ4n) is 6.40. The Morgan fingerprint density at radius 1 is 0.419 bits per heavy atom. The Balaban J connectivity index is 1.38. The van der Waals surface area contributed by atoms with Crippen LogP contribution in [0.2, 0.25) is 0 Å². The summed E-state index contributed by atoms with van der Waals surface area (Å²) in [6.45, 7) is 0. The molecule has 1 heteroatoms. The van der Waals surface area contributed by atoms with Gasteiger partial charge in [0.1, 0.15) is 11.5 Å². The predicted octanol–water partition coefficient (Wildman–Crippen LogP) is 11.9. The van der Waals surface area contributed by atoms with E-state index in [1.54, 1.807) is 24.3 Å². The zero-order chi connectivity index (χ0) is 35.3. The van der Waals surface area contributed by atoms with Crippen molar-refractivity contribution in [3.8, 4) is 56.0 Å². The van der Waals surface area contributed by atoms with E-state index in [0.717, 1.165) is 44.5 Å². The van der Waals surface area contributed by atoms with Crippen molar-refractivity contribution in [2.24, 2.45) is 0 Å². The molecule has 0 aliphatic carbocycles. The number of hydrogen-bond donors (Lipinski definition) is 0. The molecule has 1 aliphatic heterocycles. The summed E-state index contributed by atoms with van der Waals surface area (Å²) in [5.74, 6) is 1.54. The second-order valence-corrected chi connectivity index (χ2v) is 10.7. The molecule has 0 fully saturated rings. The lowest BCUT2D eigenvalue weighted by molar-refractivity contribution is 0.487. The molecule has 0 atom stereocenters. The second kappa shape index (κ2) is 9.44. The first-order valence-electron chi connectivity index (χ1n) is 18.1. The van der Waals surface area contributed by atoms with Crippen molar-refractivity contribution < 1.29 is 15.7 Å². The van der Waals surface area contributed by atoms with Gasteiger partial charge in [0.15, 0.2) is 0 Å². The molecule has 1 aliphatic rings. The van der Waals surface area contributed by atoms with Crippen molar-refractivity contribution in [3.05, 3.63) is 158 Å². The van der Waals surface area contributed by atoms with Gasteiger partial charge in [-0.05, 0) is 90.1 Å². The van der Waals surface area contributed by atoms with Crippen LogP contribution in [0.5, 0.6) is 11.5 Å². The zero-order valence-electron chi connectivity index (χ0n) is 30.8. The van der Waals surface area contributed by atoms with E-state index < -0.39 is 24.2 Å². The first kappa shape index (κ1) is 17.3. The average Bonchev–Trinajstić information content (AvgIpc) is 3.17.